The van der Waals surface area contributed by atoms with Gasteiger partial charge in [-0.2, -0.15) is 0 Å². The summed E-state index contributed by atoms with van der Waals surface area (Å²) in [6, 6.07) is 14.0. The zero-order valence-corrected chi connectivity index (χ0v) is 17.1. The number of rotatable bonds is 3. The fraction of sp³-hybridized carbons (Fsp3) is 0.364. The molecule has 3 aliphatic rings. The summed E-state index contributed by atoms with van der Waals surface area (Å²) in [6.07, 6.45) is 2.01. The molecule has 3 heterocycles. The van der Waals surface area contributed by atoms with Crippen molar-refractivity contribution in [3.8, 4) is 5.75 Å². The molecule has 1 amide bonds. The van der Waals surface area contributed by atoms with Crippen LogP contribution in [0.5, 0.6) is 5.75 Å². The highest BCUT2D eigenvalue weighted by molar-refractivity contribution is 7.79. The standard InChI is InChI=1S/C22H22N2O5S/c25-20-18(9-12-24(20)15-5-7-16(8-6-15)30(27)28)23-13-10-22(11-14-23)17-3-1-2-4-19(17)29-21(22)26/h1-8,18H,9-14H2,(H,27,28)/t18-/m0/s1. The highest BCUT2D eigenvalue weighted by atomic mass is 32.2. The zero-order chi connectivity index (χ0) is 20.9. The highest BCUT2D eigenvalue weighted by Gasteiger charge is 2.52. The lowest BCUT2D eigenvalue weighted by molar-refractivity contribution is -0.140. The number of piperidine rings is 1. The number of ether oxygens (including phenoxy) is 1. The third-order valence-corrected chi connectivity index (χ3v) is 7.29. The topological polar surface area (TPSA) is 87.2 Å². The van der Waals surface area contributed by atoms with Crippen molar-refractivity contribution in [2.75, 3.05) is 24.5 Å². The molecule has 0 aromatic heterocycles. The van der Waals surface area contributed by atoms with Gasteiger partial charge in [0.15, 0.2) is 11.1 Å². The van der Waals surface area contributed by atoms with Gasteiger partial charge in [-0.15, -0.1) is 0 Å². The van der Waals surface area contributed by atoms with Gasteiger partial charge in [0.05, 0.1) is 16.4 Å². The Labute approximate surface area is 176 Å². The molecule has 2 fully saturated rings. The molecule has 0 aliphatic carbocycles. The van der Waals surface area contributed by atoms with Crippen molar-refractivity contribution < 1.29 is 23.1 Å². The smallest absolute Gasteiger partial charge is 0.322 e. The minimum Gasteiger partial charge on any atom is -0.426 e. The van der Waals surface area contributed by atoms with E-state index in [1.807, 2.05) is 24.3 Å². The van der Waals surface area contributed by atoms with Crippen LogP contribution in [0.3, 0.4) is 0 Å². The number of carbonyl (C=O) groups excluding carboxylic acids is 2. The van der Waals surface area contributed by atoms with Gasteiger partial charge in [0.25, 0.3) is 0 Å². The van der Waals surface area contributed by atoms with E-state index < -0.39 is 16.5 Å². The van der Waals surface area contributed by atoms with Crippen molar-refractivity contribution >= 4 is 28.6 Å². The Morgan fingerprint density at radius 2 is 1.70 bits per heavy atom. The Balaban J connectivity index is 1.29. The molecule has 0 saturated carbocycles. The van der Waals surface area contributed by atoms with Crippen LogP contribution in [0.25, 0.3) is 0 Å². The fourth-order valence-electron chi connectivity index (χ4n) is 4.95. The molecule has 3 aliphatic heterocycles. The average Bonchev–Trinajstić information content (AvgIpc) is 3.27. The first-order valence-corrected chi connectivity index (χ1v) is 11.2. The van der Waals surface area contributed by atoms with Gasteiger partial charge in [-0.1, -0.05) is 18.2 Å². The molecule has 2 aromatic carbocycles. The van der Waals surface area contributed by atoms with E-state index in [9.17, 15) is 13.8 Å². The summed E-state index contributed by atoms with van der Waals surface area (Å²) in [5.74, 6) is 0.522. The maximum absolute atomic E-state index is 13.1. The lowest BCUT2D eigenvalue weighted by Gasteiger charge is -2.39. The van der Waals surface area contributed by atoms with Gasteiger partial charge >= 0.3 is 5.97 Å². The number of likely N-dealkylation sites (tertiary alicyclic amines) is 1. The highest BCUT2D eigenvalue weighted by Crippen LogP contribution is 2.46. The van der Waals surface area contributed by atoms with Crippen LogP contribution in [-0.2, 0) is 26.1 Å². The SMILES string of the molecule is O=C1[C@@H](N2CCC3(CC2)C(=O)Oc2ccccc23)CCN1c1ccc(S(=O)O)cc1. The number of anilines is 1. The molecule has 0 radical (unpaired) electrons. The zero-order valence-electron chi connectivity index (χ0n) is 16.3. The monoisotopic (exact) mass is 426 g/mol. The first-order chi connectivity index (χ1) is 14.5. The molecule has 30 heavy (non-hydrogen) atoms. The Morgan fingerprint density at radius 1 is 1.00 bits per heavy atom. The molecule has 0 bridgehead atoms. The Kier molecular flexibility index (Phi) is 4.72. The number of carbonyl (C=O) groups is 2. The normalized spacial score (nSPS) is 24.2. The maximum atomic E-state index is 13.1. The predicted octanol–water partition coefficient (Wildman–Crippen LogP) is 2.33. The number of amides is 1. The number of fused-ring (bicyclic) bond motifs is 2. The van der Waals surface area contributed by atoms with E-state index in [0.29, 0.717) is 43.1 Å². The molecule has 7 nitrogen and oxygen atoms in total. The van der Waals surface area contributed by atoms with Gasteiger partial charge in [0, 0.05) is 30.9 Å². The quantitative estimate of drug-likeness (QED) is 0.461. The van der Waals surface area contributed by atoms with E-state index in [1.165, 1.54) is 0 Å². The van der Waals surface area contributed by atoms with E-state index in [2.05, 4.69) is 4.90 Å². The second kappa shape index (κ2) is 7.30. The minimum absolute atomic E-state index is 0.0400. The van der Waals surface area contributed by atoms with Crippen molar-refractivity contribution in [3.63, 3.8) is 0 Å². The van der Waals surface area contributed by atoms with Crippen LogP contribution in [0.2, 0.25) is 0 Å². The van der Waals surface area contributed by atoms with Crippen LogP contribution in [-0.4, -0.2) is 51.2 Å². The first-order valence-electron chi connectivity index (χ1n) is 10.1. The van der Waals surface area contributed by atoms with Crippen LogP contribution in [0.4, 0.5) is 5.69 Å². The van der Waals surface area contributed by atoms with E-state index in [4.69, 9.17) is 9.29 Å². The third-order valence-electron chi connectivity index (χ3n) is 6.62. The van der Waals surface area contributed by atoms with E-state index >= 15 is 0 Å². The van der Waals surface area contributed by atoms with Gasteiger partial charge in [-0.05, 0) is 49.6 Å². The van der Waals surface area contributed by atoms with Crippen LogP contribution >= 0.6 is 0 Å². The number of para-hydroxylation sites is 1. The molecule has 2 atom stereocenters. The van der Waals surface area contributed by atoms with Crippen molar-refractivity contribution in [1.29, 1.82) is 0 Å². The fourth-order valence-corrected chi connectivity index (χ4v) is 5.32. The van der Waals surface area contributed by atoms with Crippen LogP contribution in [0, 0.1) is 0 Å². The summed E-state index contributed by atoms with van der Waals surface area (Å²) in [5.41, 5.74) is 1.11. The second-order valence-electron chi connectivity index (χ2n) is 8.04. The Bertz CT molecular complexity index is 1030. The lowest BCUT2D eigenvalue weighted by atomic mass is 9.73. The number of benzene rings is 2. The average molecular weight is 426 g/mol. The van der Waals surface area contributed by atoms with Crippen molar-refractivity contribution in [3.05, 3.63) is 54.1 Å². The predicted molar refractivity (Wildman–Crippen MR) is 111 cm³/mol. The second-order valence-corrected chi connectivity index (χ2v) is 9.01. The molecular weight excluding hydrogens is 404 g/mol. The van der Waals surface area contributed by atoms with E-state index in [0.717, 1.165) is 17.7 Å². The molecule has 5 rings (SSSR count). The summed E-state index contributed by atoms with van der Waals surface area (Å²) >= 11 is -2.03. The summed E-state index contributed by atoms with van der Waals surface area (Å²) < 4.78 is 25.8. The van der Waals surface area contributed by atoms with Crippen LogP contribution < -0.4 is 9.64 Å². The summed E-state index contributed by atoms with van der Waals surface area (Å²) in [6.45, 7) is 1.93. The Morgan fingerprint density at radius 3 is 2.40 bits per heavy atom. The molecular formula is C22H22N2O5S. The molecule has 156 valence electrons. The van der Waals surface area contributed by atoms with Crippen molar-refractivity contribution in [2.24, 2.45) is 0 Å². The summed E-state index contributed by atoms with van der Waals surface area (Å²) in [5, 5.41) is 0. The molecule has 8 heteroatoms. The van der Waals surface area contributed by atoms with E-state index in [-0.39, 0.29) is 17.9 Å². The minimum atomic E-state index is -2.03. The number of nitrogens with zero attached hydrogens (tertiary/aromatic N) is 2. The lowest BCUT2D eigenvalue weighted by Crippen LogP contribution is -2.51. The summed E-state index contributed by atoms with van der Waals surface area (Å²) in [7, 11) is 0. The molecule has 1 spiro atoms. The molecule has 1 unspecified atom stereocenters. The van der Waals surface area contributed by atoms with Crippen LogP contribution in [0.1, 0.15) is 24.8 Å². The number of hydrogen-bond donors (Lipinski definition) is 1. The van der Waals surface area contributed by atoms with E-state index in [1.54, 1.807) is 29.2 Å². The largest absolute Gasteiger partial charge is 0.426 e. The molecule has 2 aromatic rings. The van der Waals surface area contributed by atoms with Gasteiger partial charge in [0.2, 0.25) is 5.91 Å². The first kappa shape index (κ1) is 19.4. The molecule has 1 N–H and O–H groups in total. The Hall–Kier alpha value is -2.55. The third kappa shape index (κ3) is 2.98. The van der Waals surface area contributed by atoms with Gasteiger partial charge in [-0.25, -0.2) is 4.21 Å². The number of hydrogen-bond acceptors (Lipinski definition) is 5. The molecule has 2 saturated heterocycles. The van der Waals surface area contributed by atoms with Gasteiger partial charge in [-0.3, -0.25) is 14.5 Å². The van der Waals surface area contributed by atoms with Crippen LogP contribution in [0.15, 0.2) is 53.4 Å². The maximum Gasteiger partial charge on any atom is 0.322 e. The summed E-state index contributed by atoms with van der Waals surface area (Å²) in [4.78, 5) is 30.0. The van der Waals surface area contributed by atoms with Gasteiger partial charge < -0.3 is 14.2 Å². The van der Waals surface area contributed by atoms with Crippen molar-refractivity contribution in [1.82, 2.24) is 4.90 Å². The van der Waals surface area contributed by atoms with Crippen molar-refractivity contribution in [2.45, 2.75) is 35.6 Å². The number of esters is 1. The van der Waals surface area contributed by atoms with Gasteiger partial charge in [0.1, 0.15) is 5.75 Å².